The molecule has 3 N–H and O–H groups in total. The molecule has 1 aromatic carbocycles. The van der Waals surface area contributed by atoms with Crippen LogP contribution in [-0.4, -0.2) is 30.9 Å². The highest BCUT2D eigenvalue weighted by atomic mass is 16.2. The van der Waals surface area contributed by atoms with Crippen LogP contribution in [0.15, 0.2) is 18.2 Å². The van der Waals surface area contributed by atoms with Gasteiger partial charge in [0.05, 0.1) is 6.42 Å². The van der Waals surface area contributed by atoms with Gasteiger partial charge in [-0.15, -0.1) is 0 Å². The molecular formula is C13H15N3O2. The van der Waals surface area contributed by atoms with Crippen molar-refractivity contribution in [1.29, 1.82) is 0 Å². The molecule has 0 bridgehead atoms. The Morgan fingerprint density at radius 3 is 3.06 bits per heavy atom. The lowest BCUT2D eigenvalue weighted by molar-refractivity contribution is -0.115. The Kier molecular flexibility index (Phi) is 2.76. The zero-order valence-electron chi connectivity index (χ0n) is 9.95. The molecule has 2 aliphatic heterocycles. The summed E-state index contributed by atoms with van der Waals surface area (Å²) in [6.07, 6.45) is 1.33. The predicted molar refractivity (Wildman–Crippen MR) is 67.5 cm³/mol. The summed E-state index contributed by atoms with van der Waals surface area (Å²) < 4.78 is 0. The minimum atomic E-state index is -0.0640. The van der Waals surface area contributed by atoms with E-state index in [9.17, 15) is 9.59 Å². The van der Waals surface area contributed by atoms with Crippen LogP contribution in [0.25, 0.3) is 0 Å². The number of rotatable bonds is 2. The van der Waals surface area contributed by atoms with Crippen molar-refractivity contribution in [2.45, 2.75) is 18.9 Å². The van der Waals surface area contributed by atoms with Crippen molar-refractivity contribution < 1.29 is 9.59 Å². The van der Waals surface area contributed by atoms with Crippen molar-refractivity contribution in [2.75, 3.05) is 18.4 Å². The number of carbonyl (C=O) groups excluding carboxylic acids is 2. The van der Waals surface area contributed by atoms with E-state index in [0.29, 0.717) is 12.0 Å². The number of nitrogens with one attached hydrogen (secondary N) is 3. The van der Waals surface area contributed by atoms with Crippen molar-refractivity contribution in [3.63, 3.8) is 0 Å². The third-order valence-electron chi connectivity index (χ3n) is 3.39. The van der Waals surface area contributed by atoms with E-state index >= 15 is 0 Å². The van der Waals surface area contributed by atoms with Gasteiger partial charge in [0.2, 0.25) is 5.91 Å². The molecule has 1 saturated heterocycles. The second kappa shape index (κ2) is 4.42. The lowest BCUT2D eigenvalue weighted by Gasteiger charge is -2.11. The molecule has 2 aliphatic rings. The number of carbonyl (C=O) groups is 2. The Morgan fingerprint density at radius 1 is 1.39 bits per heavy atom. The van der Waals surface area contributed by atoms with Crippen LogP contribution in [0, 0.1) is 0 Å². The fourth-order valence-electron chi connectivity index (χ4n) is 2.42. The Bertz CT molecular complexity index is 507. The van der Waals surface area contributed by atoms with Gasteiger partial charge in [-0.25, -0.2) is 0 Å². The largest absolute Gasteiger partial charge is 0.348 e. The highest BCUT2D eigenvalue weighted by molar-refractivity contribution is 6.01. The van der Waals surface area contributed by atoms with Gasteiger partial charge in [0, 0.05) is 23.8 Å². The summed E-state index contributed by atoms with van der Waals surface area (Å²) >= 11 is 0. The SMILES string of the molecule is O=C1Cc2cc(C(=O)NC3CCNC3)ccc2N1. The average molecular weight is 245 g/mol. The second-order valence-electron chi connectivity index (χ2n) is 4.76. The van der Waals surface area contributed by atoms with Crippen molar-refractivity contribution in [3.05, 3.63) is 29.3 Å². The Labute approximate surface area is 105 Å². The molecule has 1 aromatic rings. The maximum Gasteiger partial charge on any atom is 0.251 e. The standard InChI is InChI=1S/C13H15N3O2/c17-12-6-9-5-8(1-2-11(9)16-12)13(18)15-10-3-4-14-7-10/h1-2,5,10,14H,3-4,6-7H2,(H,15,18)(H,16,17). The van der Waals surface area contributed by atoms with Crippen LogP contribution in [-0.2, 0) is 11.2 Å². The van der Waals surface area contributed by atoms with Crippen LogP contribution in [0.1, 0.15) is 22.3 Å². The van der Waals surface area contributed by atoms with Gasteiger partial charge in [-0.1, -0.05) is 0 Å². The van der Waals surface area contributed by atoms with E-state index < -0.39 is 0 Å². The molecule has 1 unspecified atom stereocenters. The van der Waals surface area contributed by atoms with Crippen molar-refractivity contribution in [1.82, 2.24) is 10.6 Å². The lowest BCUT2D eigenvalue weighted by atomic mass is 10.1. The number of fused-ring (bicyclic) bond motifs is 1. The molecule has 0 spiro atoms. The zero-order chi connectivity index (χ0) is 12.5. The molecule has 0 aliphatic carbocycles. The monoisotopic (exact) mass is 245 g/mol. The van der Waals surface area contributed by atoms with Gasteiger partial charge in [-0.2, -0.15) is 0 Å². The number of benzene rings is 1. The van der Waals surface area contributed by atoms with E-state index in [1.807, 2.05) is 0 Å². The van der Waals surface area contributed by atoms with Crippen molar-refractivity contribution >= 4 is 17.5 Å². The molecule has 0 aromatic heterocycles. The van der Waals surface area contributed by atoms with Crippen LogP contribution in [0.2, 0.25) is 0 Å². The highest BCUT2D eigenvalue weighted by Crippen LogP contribution is 2.23. The van der Waals surface area contributed by atoms with Gasteiger partial charge >= 0.3 is 0 Å². The summed E-state index contributed by atoms with van der Waals surface area (Å²) in [5.41, 5.74) is 2.34. The fraction of sp³-hybridized carbons (Fsp3) is 0.385. The number of anilines is 1. The summed E-state index contributed by atoms with van der Waals surface area (Å²) in [6.45, 7) is 1.78. The lowest BCUT2D eigenvalue weighted by Crippen LogP contribution is -2.36. The van der Waals surface area contributed by atoms with E-state index in [-0.39, 0.29) is 17.9 Å². The molecule has 0 saturated carbocycles. The third kappa shape index (κ3) is 2.09. The summed E-state index contributed by atoms with van der Waals surface area (Å²) in [5.74, 6) is -0.0756. The molecule has 1 atom stereocenters. The Morgan fingerprint density at radius 2 is 2.28 bits per heavy atom. The van der Waals surface area contributed by atoms with E-state index in [1.54, 1.807) is 18.2 Å². The smallest absolute Gasteiger partial charge is 0.251 e. The molecule has 18 heavy (non-hydrogen) atoms. The first kappa shape index (κ1) is 11.2. The minimum Gasteiger partial charge on any atom is -0.348 e. The van der Waals surface area contributed by atoms with Crippen LogP contribution in [0.4, 0.5) is 5.69 Å². The topological polar surface area (TPSA) is 70.2 Å². The molecule has 5 nitrogen and oxygen atoms in total. The zero-order valence-corrected chi connectivity index (χ0v) is 9.95. The predicted octanol–water partition coefficient (Wildman–Crippen LogP) is 0.273. The van der Waals surface area contributed by atoms with Gasteiger partial charge in [-0.3, -0.25) is 9.59 Å². The van der Waals surface area contributed by atoms with Gasteiger partial charge < -0.3 is 16.0 Å². The van der Waals surface area contributed by atoms with Gasteiger partial charge in [-0.05, 0) is 36.7 Å². The van der Waals surface area contributed by atoms with E-state index in [2.05, 4.69) is 16.0 Å². The van der Waals surface area contributed by atoms with Gasteiger partial charge in [0.25, 0.3) is 5.91 Å². The molecule has 94 valence electrons. The van der Waals surface area contributed by atoms with Crippen LogP contribution in [0.5, 0.6) is 0 Å². The molecule has 2 heterocycles. The normalized spacial score (nSPS) is 21.6. The number of amides is 2. The molecular weight excluding hydrogens is 230 g/mol. The Hall–Kier alpha value is -1.88. The Balaban J connectivity index is 1.74. The first-order chi connectivity index (χ1) is 8.72. The molecule has 1 fully saturated rings. The summed E-state index contributed by atoms with van der Waals surface area (Å²) in [5, 5.41) is 8.95. The van der Waals surface area contributed by atoms with Crippen molar-refractivity contribution in [2.24, 2.45) is 0 Å². The first-order valence-electron chi connectivity index (χ1n) is 6.17. The van der Waals surface area contributed by atoms with Crippen molar-refractivity contribution in [3.8, 4) is 0 Å². The average Bonchev–Trinajstić information content (AvgIpc) is 2.95. The second-order valence-corrected chi connectivity index (χ2v) is 4.76. The third-order valence-corrected chi connectivity index (χ3v) is 3.39. The quantitative estimate of drug-likeness (QED) is 0.700. The number of hydrogen-bond donors (Lipinski definition) is 3. The van der Waals surface area contributed by atoms with Gasteiger partial charge in [0.15, 0.2) is 0 Å². The summed E-state index contributed by atoms with van der Waals surface area (Å²) in [6, 6.07) is 5.56. The van der Waals surface area contributed by atoms with Gasteiger partial charge in [0.1, 0.15) is 0 Å². The van der Waals surface area contributed by atoms with E-state index in [1.165, 1.54) is 0 Å². The summed E-state index contributed by atoms with van der Waals surface area (Å²) in [4.78, 5) is 23.3. The maximum absolute atomic E-state index is 12.0. The maximum atomic E-state index is 12.0. The minimum absolute atomic E-state index is 0.0115. The van der Waals surface area contributed by atoms with E-state index in [0.717, 1.165) is 30.8 Å². The van der Waals surface area contributed by atoms with Crippen LogP contribution >= 0.6 is 0 Å². The molecule has 3 rings (SSSR count). The molecule has 0 radical (unpaired) electrons. The summed E-state index contributed by atoms with van der Waals surface area (Å²) in [7, 11) is 0. The van der Waals surface area contributed by atoms with Crippen LogP contribution in [0.3, 0.4) is 0 Å². The first-order valence-corrected chi connectivity index (χ1v) is 6.17. The molecule has 5 heteroatoms. The number of hydrogen-bond acceptors (Lipinski definition) is 3. The highest BCUT2D eigenvalue weighted by Gasteiger charge is 2.21. The van der Waals surface area contributed by atoms with E-state index in [4.69, 9.17) is 0 Å². The van der Waals surface area contributed by atoms with Crippen LogP contribution < -0.4 is 16.0 Å². The molecule has 2 amide bonds. The fourth-order valence-corrected chi connectivity index (χ4v) is 2.42.